The zero-order valence-corrected chi connectivity index (χ0v) is 11.3. The van der Waals surface area contributed by atoms with E-state index in [4.69, 9.17) is 0 Å². The standard InChI is InChI=1S/C13H17N5O/c1-4-10-11(8-18(3)17-10)16-13(19)9-5-6-12(14-2)15-7-9/h5-8H,4H2,1-3H3,(H,14,15)(H,16,19). The average molecular weight is 259 g/mol. The van der Waals surface area contributed by atoms with E-state index in [0.29, 0.717) is 5.56 Å². The lowest BCUT2D eigenvalue weighted by atomic mass is 10.2. The molecule has 0 bridgehead atoms. The second-order valence-corrected chi connectivity index (χ2v) is 4.15. The van der Waals surface area contributed by atoms with E-state index in [1.54, 1.807) is 36.3 Å². The molecular weight excluding hydrogens is 242 g/mol. The first kappa shape index (κ1) is 13.1. The molecule has 2 heterocycles. The van der Waals surface area contributed by atoms with Crippen LogP contribution in [-0.2, 0) is 13.5 Å². The third-order valence-corrected chi connectivity index (χ3v) is 2.77. The molecule has 0 saturated carbocycles. The topological polar surface area (TPSA) is 71.8 Å². The van der Waals surface area contributed by atoms with Gasteiger partial charge in [0.2, 0.25) is 0 Å². The molecule has 0 aromatic carbocycles. The van der Waals surface area contributed by atoms with Crippen molar-refractivity contribution in [3.05, 3.63) is 35.8 Å². The Morgan fingerprint density at radius 2 is 2.21 bits per heavy atom. The van der Waals surface area contributed by atoms with Gasteiger partial charge in [0.1, 0.15) is 5.82 Å². The summed E-state index contributed by atoms with van der Waals surface area (Å²) < 4.78 is 1.69. The first-order valence-corrected chi connectivity index (χ1v) is 6.11. The summed E-state index contributed by atoms with van der Waals surface area (Å²) in [5.74, 6) is 0.546. The average Bonchev–Trinajstić information content (AvgIpc) is 2.78. The smallest absolute Gasteiger partial charge is 0.257 e. The summed E-state index contributed by atoms with van der Waals surface area (Å²) >= 11 is 0. The molecule has 2 rings (SSSR count). The maximum Gasteiger partial charge on any atom is 0.257 e. The van der Waals surface area contributed by atoms with Crippen molar-refractivity contribution in [2.24, 2.45) is 7.05 Å². The quantitative estimate of drug-likeness (QED) is 0.876. The number of anilines is 2. The van der Waals surface area contributed by atoms with Gasteiger partial charge in [-0.25, -0.2) is 4.98 Å². The molecule has 2 N–H and O–H groups in total. The highest BCUT2D eigenvalue weighted by atomic mass is 16.1. The minimum Gasteiger partial charge on any atom is -0.373 e. The van der Waals surface area contributed by atoms with Crippen LogP contribution in [0.4, 0.5) is 11.5 Å². The number of carbonyl (C=O) groups is 1. The molecule has 6 heteroatoms. The lowest BCUT2D eigenvalue weighted by Crippen LogP contribution is -2.13. The highest BCUT2D eigenvalue weighted by molar-refractivity contribution is 6.04. The van der Waals surface area contributed by atoms with Crippen molar-refractivity contribution in [2.75, 3.05) is 17.7 Å². The van der Waals surface area contributed by atoms with Crippen LogP contribution in [-0.4, -0.2) is 27.7 Å². The van der Waals surface area contributed by atoms with Gasteiger partial charge in [0.05, 0.1) is 16.9 Å². The van der Waals surface area contributed by atoms with Crippen LogP contribution in [0, 0.1) is 0 Å². The van der Waals surface area contributed by atoms with Gasteiger partial charge in [-0.05, 0) is 18.6 Å². The summed E-state index contributed by atoms with van der Waals surface area (Å²) in [6, 6.07) is 3.50. The summed E-state index contributed by atoms with van der Waals surface area (Å²) in [5, 5.41) is 10.0. The zero-order chi connectivity index (χ0) is 13.8. The van der Waals surface area contributed by atoms with Crippen LogP contribution in [0.25, 0.3) is 0 Å². The summed E-state index contributed by atoms with van der Waals surface area (Å²) in [6.45, 7) is 2.00. The SMILES string of the molecule is CCc1nn(C)cc1NC(=O)c1ccc(NC)nc1. The summed E-state index contributed by atoms with van der Waals surface area (Å²) in [4.78, 5) is 16.2. The predicted molar refractivity (Wildman–Crippen MR) is 74.3 cm³/mol. The summed E-state index contributed by atoms with van der Waals surface area (Å²) in [7, 11) is 3.61. The fourth-order valence-electron chi connectivity index (χ4n) is 1.77. The van der Waals surface area contributed by atoms with E-state index in [1.807, 2.05) is 14.0 Å². The minimum atomic E-state index is -0.183. The van der Waals surface area contributed by atoms with Crippen LogP contribution in [0.1, 0.15) is 23.0 Å². The Morgan fingerprint density at radius 1 is 1.42 bits per heavy atom. The number of nitrogens with one attached hydrogen (secondary N) is 2. The molecule has 0 unspecified atom stereocenters. The Morgan fingerprint density at radius 3 is 2.79 bits per heavy atom. The first-order chi connectivity index (χ1) is 9.13. The monoisotopic (exact) mass is 259 g/mol. The second kappa shape index (κ2) is 5.51. The number of pyridine rings is 1. The molecule has 1 amide bonds. The molecule has 0 atom stereocenters. The third-order valence-electron chi connectivity index (χ3n) is 2.77. The number of hydrogen-bond acceptors (Lipinski definition) is 4. The van der Waals surface area contributed by atoms with E-state index in [1.165, 1.54) is 0 Å². The zero-order valence-electron chi connectivity index (χ0n) is 11.3. The van der Waals surface area contributed by atoms with Gasteiger partial charge in [-0.2, -0.15) is 5.10 Å². The van der Waals surface area contributed by atoms with Crippen molar-refractivity contribution >= 4 is 17.4 Å². The minimum absolute atomic E-state index is 0.183. The van der Waals surface area contributed by atoms with Gasteiger partial charge >= 0.3 is 0 Å². The van der Waals surface area contributed by atoms with Gasteiger partial charge in [0, 0.05) is 26.5 Å². The lowest BCUT2D eigenvalue weighted by Gasteiger charge is -2.05. The van der Waals surface area contributed by atoms with Crippen LogP contribution in [0.15, 0.2) is 24.5 Å². The molecule has 19 heavy (non-hydrogen) atoms. The van der Waals surface area contributed by atoms with Crippen molar-refractivity contribution in [1.29, 1.82) is 0 Å². The Kier molecular flexibility index (Phi) is 3.79. The lowest BCUT2D eigenvalue weighted by molar-refractivity contribution is 0.102. The van der Waals surface area contributed by atoms with Crippen molar-refractivity contribution in [1.82, 2.24) is 14.8 Å². The number of rotatable bonds is 4. The molecule has 0 saturated heterocycles. The molecule has 0 aliphatic rings. The number of aromatic nitrogens is 3. The van der Waals surface area contributed by atoms with Gasteiger partial charge in [0.15, 0.2) is 0 Å². The molecule has 100 valence electrons. The molecular formula is C13H17N5O. The molecule has 0 aliphatic carbocycles. The maximum absolute atomic E-state index is 12.1. The first-order valence-electron chi connectivity index (χ1n) is 6.11. The van der Waals surface area contributed by atoms with Gasteiger partial charge < -0.3 is 10.6 Å². The molecule has 0 aliphatic heterocycles. The van der Waals surface area contributed by atoms with Crippen LogP contribution < -0.4 is 10.6 Å². The number of nitrogens with zero attached hydrogens (tertiary/aromatic N) is 3. The van der Waals surface area contributed by atoms with E-state index in [-0.39, 0.29) is 5.91 Å². The summed E-state index contributed by atoms with van der Waals surface area (Å²) in [6.07, 6.45) is 4.11. The Bertz CT molecular complexity index is 573. The van der Waals surface area contributed by atoms with Gasteiger partial charge in [-0.15, -0.1) is 0 Å². The van der Waals surface area contributed by atoms with E-state index in [2.05, 4.69) is 20.7 Å². The van der Waals surface area contributed by atoms with Gasteiger partial charge in [0.25, 0.3) is 5.91 Å². The van der Waals surface area contributed by atoms with E-state index >= 15 is 0 Å². The van der Waals surface area contributed by atoms with Crippen molar-refractivity contribution in [3.8, 4) is 0 Å². The van der Waals surface area contributed by atoms with Gasteiger partial charge in [-0.1, -0.05) is 6.92 Å². The van der Waals surface area contributed by atoms with Gasteiger partial charge in [-0.3, -0.25) is 9.48 Å². The molecule has 2 aromatic rings. The Balaban J connectivity index is 2.15. The van der Waals surface area contributed by atoms with Crippen LogP contribution in [0.2, 0.25) is 0 Å². The Hall–Kier alpha value is -2.37. The normalized spacial score (nSPS) is 10.3. The fraction of sp³-hybridized carbons (Fsp3) is 0.308. The highest BCUT2D eigenvalue weighted by Crippen LogP contribution is 2.15. The summed E-state index contributed by atoms with van der Waals surface area (Å²) in [5.41, 5.74) is 2.13. The molecule has 0 radical (unpaired) electrons. The van der Waals surface area contributed by atoms with E-state index in [9.17, 15) is 4.79 Å². The van der Waals surface area contributed by atoms with E-state index < -0.39 is 0 Å². The van der Waals surface area contributed by atoms with Crippen molar-refractivity contribution < 1.29 is 4.79 Å². The highest BCUT2D eigenvalue weighted by Gasteiger charge is 2.11. The number of amides is 1. The second-order valence-electron chi connectivity index (χ2n) is 4.15. The maximum atomic E-state index is 12.1. The third kappa shape index (κ3) is 2.90. The van der Waals surface area contributed by atoms with Crippen LogP contribution in [0.5, 0.6) is 0 Å². The molecule has 0 fully saturated rings. The van der Waals surface area contributed by atoms with Crippen molar-refractivity contribution in [2.45, 2.75) is 13.3 Å². The number of carbonyl (C=O) groups excluding carboxylic acids is 1. The van der Waals surface area contributed by atoms with Crippen LogP contribution >= 0.6 is 0 Å². The fourth-order valence-corrected chi connectivity index (χ4v) is 1.77. The predicted octanol–water partition coefficient (Wildman–Crippen LogP) is 1.67. The largest absolute Gasteiger partial charge is 0.373 e. The van der Waals surface area contributed by atoms with E-state index in [0.717, 1.165) is 23.6 Å². The Labute approximate surface area is 111 Å². The van der Waals surface area contributed by atoms with Crippen molar-refractivity contribution in [3.63, 3.8) is 0 Å². The van der Waals surface area contributed by atoms with Crippen LogP contribution in [0.3, 0.4) is 0 Å². The molecule has 0 spiro atoms. The molecule has 2 aromatic heterocycles. The number of hydrogen-bond donors (Lipinski definition) is 2. The number of aryl methyl sites for hydroxylation is 2. The molecule has 6 nitrogen and oxygen atoms in total.